The Labute approximate surface area is 137 Å². The lowest BCUT2D eigenvalue weighted by molar-refractivity contribution is 0.317. The van der Waals surface area contributed by atoms with Crippen LogP contribution in [0.2, 0.25) is 0 Å². The molecule has 0 amide bonds. The smallest absolute Gasteiger partial charge is 0.303 e. The second-order valence-electron chi connectivity index (χ2n) is 6.26. The molecule has 5 nitrogen and oxygen atoms in total. The monoisotopic (exact) mass is 337 g/mol. The SMILES string of the molecule is CCCCCCCCCCN1CCC(C)C1.COS(=O)(=O)O. The summed E-state index contributed by atoms with van der Waals surface area (Å²) in [5, 5.41) is 0. The maximum atomic E-state index is 9.33. The van der Waals surface area contributed by atoms with Crippen molar-refractivity contribution in [2.45, 2.75) is 71.6 Å². The van der Waals surface area contributed by atoms with Crippen LogP contribution in [-0.4, -0.2) is 44.6 Å². The van der Waals surface area contributed by atoms with Crippen molar-refractivity contribution in [3.8, 4) is 0 Å². The van der Waals surface area contributed by atoms with Crippen molar-refractivity contribution in [3.63, 3.8) is 0 Å². The summed E-state index contributed by atoms with van der Waals surface area (Å²) < 4.78 is 29.7. The van der Waals surface area contributed by atoms with E-state index in [-0.39, 0.29) is 0 Å². The molecule has 22 heavy (non-hydrogen) atoms. The third kappa shape index (κ3) is 14.8. The minimum atomic E-state index is -4.16. The minimum Gasteiger partial charge on any atom is -0.303 e. The van der Waals surface area contributed by atoms with Crippen molar-refractivity contribution in [1.82, 2.24) is 4.90 Å². The van der Waals surface area contributed by atoms with Crippen molar-refractivity contribution in [2.75, 3.05) is 26.7 Å². The highest BCUT2D eigenvalue weighted by Crippen LogP contribution is 2.16. The molecule has 0 aliphatic carbocycles. The van der Waals surface area contributed by atoms with E-state index in [0.717, 1.165) is 13.0 Å². The van der Waals surface area contributed by atoms with Crippen molar-refractivity contribution in [1.29, 1.82) is 0 Å². The van der Waals surface area contributed by atoms with Gasteiger partial charge in [-0.2, -0.15) is 8.42 Å². The van der Waals surface area contributed by atoms with E-state index in [9.17, 15) is 8.42 Å². The molecule has 1 aliphatic rings. The van der Waals surface area contributed by atoms with E-state index in [1.807, 2.05) is 0 Å². The first-order chi connectivity index (χ1) is 10.4. The Hall–Kier alpha value is -0.170. The Bertz CT molecular complexity index is 346. The average Bonchev–Trinajstić information content (AvgIpc) is 2.87. The summed E-state index contributed by atoms with van der Waals surface area (Å²) in [6, 6.07) is 0. The molecule has 0 aromatic rings. The molecule has 0 spiro atoms. The van der Waals surface area contributed by atoms with E-state index in [1.165, 1.54) is 77.4 Å². The van der Waals surface area contributed by atoms with Crippen LogP contribution in [0.1, 0.15) is 71.6 Å². The molecule has 1 unspecified atom stereocenters. The van der Waals surface area contributed by atoms with E-state index in [4.69, 9.17) is 4.55 Å². The number of rotatable bonds is 10. The predicted molar refractivity (Wildman–Crippen MR) is 91.4 cm³/mol. The van der Waals surface area contributed by atoms with Gasteiger partial charge in [-0.15, -0.1) is 0 Å². The van der Waals surface area contributed by atoms with Gasteiger partial charge in [-0.1, -0.05) is 58.8 Å². The van der Waals surface area contributed by atoms with E-state index < -0.39 is 10.4 Å². The quantitative estimate of drug-likeness (QED) is 0.483. The highest BCUT2D eigenvalue weighted by atomic mass is 32.3. The normalized spacial score (nSPS) is 19.0. The standard InChI is InChI=1S/C15H31N.CH4O4S/c1-3-4-5-6-7-8-9-10-12-16-13-11-15(2)14-16;1-5-6(2,3)4/h15H,3-14H2,1-2H3;1H3,(H,2,3,4). The van der Waals surface area contributed by atoms with E-state index in [1.54, 1.807) is 0 Å². The molecule has 1 aliphatic heterocycles. The van der Waals surface area contributed by atoms with Crippen molar-refractivity contribution >= 4 is 10.4 Å². The van der Waals surface area contributed by atoms with Crippen LogP contribution in [0.25, 0.3) is 0 Å². The zero-order valence-corrected chi connectivity index (χ0v) is 15.4. The Kier molecular flexibility index (Phi) is 13.2. The summed E-state index contributed by atoms with van der Waals surface area (Å²) in [5.74, 6) is 0.953. The van der Waals surface area contributed by atoms with Crippen LogP contribution in [-0.2, 0) is 14.6 Å². The molecule has 0 aromatic heterocycles. The van der Waals surface area contributed by atoms with Gasteiger partial charge in [0.25, 0.3) is 0 Å². The first kappa shape index (κ1) is 21.8. The molecule has 0 bridgehead atoms. The fourth-order valence-electron chi connectivity index (χ4n) is 2.70. The maximum absolute atomic E-state index is 9.33. The molecule has 1 rings (SSSR count). The molecule has 0 saturated carbocycles. The number of unbranched alkanes of at least 4 members (excludes halogenated alkanes) is 7. The van der Waals surface area contributed by atoms with E-state index in [0.29, 0.717) is 0 Å². The molecule has 134 valence electrons. The van der Waals surface area contributed by atoms with Gasteiger partial charge in [0.05, 0.1) is 7.11 Å². The van der Waals surface area contributed by atoms with Crippen molar-refractivity contribution < 1.29 is 17.2 Å². The molecule has 0 aromatic carbocycles. The number of hydrogen-bond donors (Lipinski definition) is 1. The Morgan fingerprint density at radius 2 is 1.59 bits per heavy atom. The number of nitrogens with zero attached hydrogens (tertiary/aromatic N) is 1. The fraction of sp³-hybridized carbons (Fsp3) is 1.00. The van der Waals surface area contributed by atoms with Crippen LogP contribution in [0.4, 0.5) is 0 Å². The zero-order valence-electron chi connectivity index (χ0n) is 14.6. The Balaban J connectivity index is 0.000000626. The second kappa shape index (κ2) is 13.3. The zero-order chi connectivity index (χ0) is 16.8. The summed E-state index contributed by atoms with van der Waals surface area (Å²) in [5.41, 5.74) is 0. The number of hydrogen-bond acceptors (Lipinski definition) is 4. The third-order valence-electron chi connectivity index (χ3n) is 4.05. The van der Waals surface area contributed by atoms with Crippen LogP contribution in [0.15, 0.2) is 0 Å². The van der Waals surface area contributed by atoms with Gasteiger partial charge in [-0.3, -0.25) is 8.74 Å². The summed E-state index contributed by atoms with van der Waals surface area (Å²) in [4.78, 5) is 2.65. The molecule has 1 N–H and O–H groups in total. The average molecular weight is 338 g/mol. The summed E-state index contributed by atoms with van der Waals surface area (Å²) in [6.45, 7) is 8.75. The molecule has 1 heterocycles. The lowest BCUT2D eigenvalue weighted by atomic mass is 10.1. The molecule has 1 saturated heterocycles. The van der Waals surface area contributed by atoms with E-state index >= 15 is 0 Å². The first-order valence-corrected chi connectivity index (χ1v) is 10.0. The molecule has 1 fully saturated rings. The second-order valence-corrected chi connectivity index (χ2v) is 7.45. The largest absolute Gasteiger partial charge is 0.397 e. The summed E-state index contributed by atoms with van der Waals surface area (Å²) in [6.07, 6.45) is 13.0. The number of likely N-dealkylation sites (tertiary alicyclic amines) is 1. The van der Waals surface area contributed by atoms with Crippen molar-refractivity contribution in [2.24, 2.45) is 5.92 Å². The van der Waals surface area contributed by atoms with E-state index in [2.05, 4.69) is 22.9 Å². The first-order valence-electron chi connectivity index (χ1n) is 8.64. The maximum Gasteiger partial charge on any atom is 0.397 e. The van der Waals surface area contributed by atoms with Gasteiger partial charge in [0.15, 0.2) is 0 Å². The molecular weight excluding hydrogens is 302 g/mol. The molecule has 0 radical (unpaired) electrons. The Morgan fingerprint density at radius 1 is 1.09 bits per heavy atom. The highest BCUT2D eigenvalue weighted by molar-refractivity contribution is 7.80. The van der Waals surface area contributed by atoms with Gasteiger partial charge in [-0.05, 0) is 31.8 Å². The molecular formula is C16H35NO4S. The molecule has 1 atom stereocenters. The van der Waals surface area contributed by atoms with Gasteiger partial charge < -0.3 is 4.90 Å². The predicted octanol–water partition coefficient (Wildman–Crippen LogP) is 3.90. The van der Waals surface area contributed by atoms with Crippen LogP contribution in [0.3, 0.4) is 0 Å². The topological polar surface area (TPSA) is 66.8 Å². The van der Waals surface area contributed by atoms with Gasteiger partial charge >= 0.3 is 10.4 Å². The van der Waals surface area contributed by atoms with Gasteiger partial charge in [0.2, 0.25) is 0 Å². The fourth-order valence-corrected chi connectivity index (χ4v) is 2.70. The van der Waals surface area contributed by atoms with Crippen molar-refractivity contribution in [3.05, 3.63) is 0 Å². The van der Waals surface area contributed by atoms with Crippen LogP contribution in [0, 0.1) is 5.92 Å². The van der Waals surface area contributed by atoms with Crippen LogP contribution in [0.5, 0.6) is 0 Å². The lowest BCUT2D eigenvalue weighted by Gasteiger charge is -2.14. The third-order valence-corrected chi connectivity index (χ3v) is 4.47. The highest BCUT2D eigenvalue weighted by Gasteiger charge is 2.17. The summed E-state index contributed by atoms with van der Waals surface area (Å²) >= 11 is 0. The lowest BCUT2D eigenvalue weighted by Crippen LogP contribution is -2.21. The minimum absolute atomic E-state index is 0.870. The summed E-state index contributed by atoms with van der Waals surface area (Å²) in [7, 11) is -3.29. The van der Waals surface area contributed by atoms with Gasteiger partial charge in [0.1, 0.15) is 0 Å². The van der Waals surface area contributed by atoms with Crippen LogP contribution >= 0.6 is 0 Å². The van der Waals surface area contributed by atoms with Crippen LogP contribution < -0.4 is 0 Å². The Morgan fingerprint density at radius 3 is 2.00 bits per heavy atom. The molecule has 6 heteroatoms. The van der Waals surface area contributed by atoms with Gasteiger partial charge in [-0.25, -0.2) is 0 Å². The van der Waals surface area contributed by atoms with Gasteiger partial charge in [0, 0.05) is 6.54 Å².